The standard InChI is InChI=1S/C20H20F3N7/c1-14-6-7-17(28-27-14)29-9-4-10-30(12-11-29)18-13-16(20(21,22)23)25-19(26-18)15-5-2-3-8-24-15/h2-3,5-8,13H,4,9-12H2,1H3. The second-order valence-electron chi connectivity index (χ2n) is 7.01. The van der Waals surface area contributed by atoms with Gasteiger partial charge in [0.15, 0.2) is 17.3 Å². The van der Waals surface area contributed by atoms with Crippen molar-refractivity contribution < 1.29 is 13.2 Å². The molecule has 7 nitrogen and oxygen atoms in total. The van der Waals surface area contributed by atoms with E-state index in [0.717, 1.165) is 30.5 Å². The molecule has 0 spiro atoms. The molecule has 156 valence electrons. The van der Waals surface area contributed by atoms with Crippen molar-refractivity contribution in [3.8, 4) is 11.5 Å². The zero-order valence-corrected chi connectivity index (χ0v) is 16.3. The summed E-state index contributed by atoms with van der Waals surface area (Å²) in [5.41, 5.74) is 0.160. The van der Waals surface area contributed by atoms with Crippen LogP contribution < -0.4 is 9.80 Å². The molecule has 4 heterocycles. The van der Waals surface area contributed by atoms with E-state index in [1.807, 2.05) is 24.0 Å². The number of anilines is 2. The lowest BCUT2D eigenvalue weighted by atomic mass is 10.3. The first-order valence-electron chi connectivity index (χ1n) is 9.58. The Balaban J connectivity index is 1.62. The molecule has 0 amide bonds. The Bertz CT molecular complexity index is 994. The van der Waals surface area contributed by atoms with Crippen LogP contribution in [-0.2, 0) is 6.18 Å². The summed E-state index contributed by atoms with van der Waals surface area (Å²) in [5, 5.41) is 8.30. The molecule has 10 heteroatoms. The maximum atomic E-state index is 13.5. The van der Waals surface area contributed by atoms with Gasteiger partial charge in [0.05, 0.1) is 5.69 Å². The van der Waals surface area contributed by atoms with E-state index >= 15 is 0 Å². The van der Waals surface area contributed by atoms with Crippen molar-refractivity contribution in [2.45, 2.75) is 19.5 Å². The maximum absolute atomic E-state index is 13.5. The van der Waals surface area contributed by atoms with E-state index in [2.05, 4.69) is 30.0 Å². The van der Waals surface area contributed by atoms with E-state index in [4.69, 9.17) is 0 Å². The number of aromatic nitrogens is 5. The van der Waals surface area contributed by atoms with Crippen molar-refractivity contribution in [2.75, 3.05) is 36.0 Å². The number of hydrogen-bond donors (Lipinski definition) is 0. The lowest BCUT2D eigenvalue weighted by Crippen LogP contribution is -2.32. The minimum absolute atomic E-state index is 0.0362. The molecule has 0 saturated carbocycles. The van der Waals surface area contributed by atoms with Crippen LogP contribution in [0.3, 0.4) is 0 Å². The molecule has 30 heavy (non-hydrogen) atoms. The van der Waals surface area contributed by atoms with Crippen LogP contribution in [0.1, 0.15) is 17.8 Å². The van der Waals surface area contributed by atoms with Gasteiger partial charge in [-0.3, -0.25) is 4.98 Å². The average molecular weight is 415 g/mol. The van der Waals surface area contributed by atoms with Crippen molar-refractivity contribution >= 4 is 11.6 Å². The SMILES string of the molecule is Cc1ccc(N2CCCN(c3cc(C(F)(F)F)nc(-c4ccccn4)n3)CC2)nn1. The van der Waals surface area contributed by atoms with Crippen molar-refractivity contribution in [1.82, 2.24) is 25.1 Å². The smallest absolute Gasteiger partial charge is 0.355 e. The Morgan fingerprint density at radius 3 is 2.27 bits per heavy atom. The Labute approximate surface area is 171 Å². The van der Waals surface area contributed by atoms with Crippen LogP contribution in [0.2, 0.25) is 0 Å². The van der Waals surface area contributed by atoms with Gasteiger partial charge in [-0.25, -0.2) is 9.97 Å². The van der Waals surface area contributed by atoms with Gasteiger partial charge in [0.1, 0.15) is 11.5 Å². The van der Waals surface area contributed by atoms with Crippen LogP contribution in [0.15, 0.2) is 42.6 Å². The molecule has 3 aromatic rings. The quantitative estimate of drug-likeness (QED) is 0.650. The molecule has 0 atom stereocenters. The molecule has 0 radical (unpaired) electrons. The summed E-state index contributed by atoms with van der Waals surface area (Å²) in [6.07, 6.45) is -2.32. The van der Waals surface area contributed by atoms with Gasteiger partial charge in [-0.1, -0.05) is 6.07 Å². The molecule has 4 rings (SSSR count). The second kappa shape index (κ2) is 8.21. The van der Waals surface area contributed by atoms with Gasteiger partial charge in [0, 0.05) is 38.4 Å². The molecule has 3 aromatic heterocycles. The largest absolute Gasteiger partial charge is 0.433 e. The number of rotatable bonds is 3. The molecule has 0 N–H and O–H groups in total. The molecular formula is C20H20F3N7. The van der Waals surface area contributed by atoms with Gasteiger partial charge in [0.2, 0.25) is 0 Å². The summed E-state index contributed by atoms with van der Waals surface area (Å²) >= 11 is 0. The summed E-state index contributed by atoms with van der Waals surface area (Å²) in [4.78, 5) is 16.1. The van der Waals surface area contributed by atoms with Crippen LogP contribution in [0.5, 0.6) is 0 Å². The zero-order chi connectivity index (χ0) is 21.1. The lowest BCUT2D eigenvalue weighted by Gasteiger charge is -2.24. The molecule has 1 aliphatic rings. The van der Waals surface area contributed by atoms with E-state index in [0.29, 0.717) is 25.3 Å². The lowest BCUT2D eigenvalue weighted by molar-refractivity contribution is -0.141. The number of halogens is 3. The zero-order valence-electron chi connectivity index (χ0n) is 16.3. The average Bonchev–Trinajstić information content (AvgIpc) is 3.00. The number of alkyl halides is 3. The highest BCUT2D eigenvalue weighted by Crippen LogP contribution is 2.31. The second-order valence-corrected chi connectivity index (χ2v) is 7.01. The monoisotopic (exact) mass is 415 g/mol. The molecule has 0 unspecified atom stereocenters. The predicted octanol–water partition coefficient (Wildman–Crippen LogP) is 3.37. The van der Waals surface area contributed by atoms with Crippen LogP contribution in [-0.4, -0.2) is 51.3 Å². The van der Waals surface area contributed by atoms with Crippen molar-refractivity contribution in [3.63, 3.8) is 0 Å². The van der Waals surface area contributed by atoms with Gasteiger partial charge < -0.3 is 9.80 Å². The van der Waals surface area contributed by atoms with E-state index in [9.17, 15) is 13.2 Å². The highest BCUT2D eigenvalue weighted by Gasteiger charge is 2.34. The fourth-order valence-electron chi connectivity index (χ4n) is 3.29. The number of aryl methyl sites for hydroxylation is 1. The summed E-state index contributed by atoms with van der Waals surface area (Å²) in [6.45, 7) is 4.28. The molecule has 0 aliphatic carbocycles. The Hall–Kier alpha value is -3.30. The summed E-state index contributed by atoms with van der Waals surface area (Å²) < 4.78 is 40.4. The van der Waals surface area contributed by atoms with E-state index in [-0.39, 0.29) is 11.6 Å². The molecule has 1 aliphatic heterocycles. The van der Waals surface area contributed by atoms with Crippen molar-refractivity contribution in [2.24, 2.45) is 0 Å². The van der Waals surface area contributed by atoms with Gasteiger partial charge in [0.25, 0.3) is 0 Å². The van der Waals surface area contributed by atoms with Crippen LogP contribution in [0.4, 0.5) is 24.8 Å². The Morgan fingerprint density at radius 2 is 1.63 bits per heavy atom. The minimum Gasteiger partial charge on any atom is -0.355 e. The predicted molar refractivity (Wildman–Crippen MR) is 106 cm³/mol. The van der Waals surface area contributed by atoms with Crippen molar-refractivity contribution in [1.29, 1.82) is 0 Å². The molecule has 1 fully saturated rings. The first-order valence-corrected chi connectivity index (χ1v) is 9.58. The van der Waals surface area contributed by atoms with Gasteiger partial charge in [-0.2, -0.15) is 18.3 Å². The summed E-state index contributed by atoms with van der Waals surface area (Å²) in [7, 11) is 0. The molecular weight excluding hydrogens is 395 g/mol. The van der Waals surface area contributed by atoms with Gasteiger partial charge in [-0.05, 0) is 37.6 Å². The first-order chi connectivity index (χ1) is 14.4. The number of hydrogen-bond acceptors (Lipinski definition) is 7. The number of pyridine rings is 1. The van der Waals surface area contributed by atoms with Crippen molar-refractivity contribution in [3.05, 3.63) is 54.0 Å². The third kappa shape index (κ3) is 4.47. The van der Waals surface area contributed by atoms with E-state index in [1.165, 1.54) is 6.20 Å². The van der Waals surface area contributed by atoms with Gasteiger partial charge >= 0.3 is 6.18 Å². The summed E-state index contributed by atoms with van der Waals surface area (Å²) in [6, 6.07) is 9.79. The van der Waals surface area contributed by atoms with Gasteiger partial charge in [-0.15, -0.1) is 5.10 Å². The summed E-state index contributed by atoms with van der Waals surface area (Å²) in [5.74, 6) is 0.969. The third-order valence-electron chi connectivity index (χ3n) is 4.82. The highest BCUT2D eigenvalue weighted by molar-refractivity contribution is 5.54. The highest BCUT2D eigenvalue weighted by atomic mass is 19.4. The fraction of sp³-hybridized carbons (Fsp3) is 0.350. The van der Waals surface area contributed by atoms with Crippen LogP contribution in [0.25, 0.3) is 11.5 Å². The maximum Gasteiger partial charge on any atom is 0.433 e. The first kappa shape index (κ1) is 20.0. The number of nitrogens with zero attached hydrogens (tertiary/aromatic N) is 7. The Morgan fingerprint density at radius 1 is 0.867 bits per heavy atom. The molecule has 0 bridgehead atoms. The van der Waals surface area contributed by atoms with Crippen LogP contribution in [0, 0.1) is 6.92 Å². The fourth-order valence-corrected chi connectivity index (χ4v) is 3.29. The Kier molecular flexibility index (Phi) is 5.47. The minimum atomic E-state index is -4.57. The third-order valence-corrected chi connectivity index (χ3v) is 4.82. The van der Waals surface area contributed by atoms with E-state index < -0.39 is 11.9 Å². The van der Waals surface area contributed by atoms with Crippen LogP contribution >= 0.6 is 0 Å². The normalized spacial score (nSPS) is 15.2. The molecule has 0 aromatic carbocycles. The topological polar surface area (TPSA) is 70.9 Å². The van der Waals surface area contributed by atoms with E-state index in [1.54, 1.807) is 18.2 Å². The molecule has 1 saturated heterocycles.